The van der Waals surface area contributed by atoms with Gasteiger partial charge in [-0.25, -0.2) is 4.98 Å². The van der Waals surface area contributed by atoms with Crippen LogP contribution in [0.4, 0.5) is 0 Å². The zero-order chi connectivity index (χ0) is 21.9. The van der Waals surface area contributed by atoms with E-state index in [1.165, 1.54) is 0 Å². The van der Waals surface area contributed by atoms with Gasteiger partial charge in [0.2, 0.25) is 5.91 Å². The van der Waals surface area contributed by atoms with E-state index in [1.807, 2.05) is 41.0 Å². The second-order valence-corrected chi connectivity index (χ2v) is 8.27. The third-order valence-electron chi connectivity index (χ3n) is 6.27. The number of nitrogens with one attached hydrogen (secondary N) is 1. The number of hydrogen-bond donors (Lipinski definition) is 1. The first kappa shape index (κ1) is 20.5. The molecule has 8 nitrogen and oxygen atoms in total. The number of ether oxygens (including phenoxy) is 1. The fourth-order valence-corrected chi connectivity index (χ4v) is 4.40. The van der Waals surface area contributed by atoms with Crippen LogP contribution < -0.4 is 5.32 Å². The Morgan fingerprint density at radius 3 is 2.66 bits per heavy atom. The molecule has 0 unspecified atom stereocenters. The van der Waals surface area contributed by atoms with E-state index in [4.69, 9.17) is 9.15 Å². The predicted molar refractivity (Wildman–Crippen MR) is 115 cm³/mol. The Morgan fingerprint density at radius 1 is 1.09 bits per heavy atom. The maximum Gasteiger partial charge on any atom is 0.274 e. The Morgan fingerprint density at radius 2 is 1.91 bits per heavy atom. The van der Waals surface area contributed by atoms with Gasteiger partial charge in [0, 0.05) is 19.0 Å². The Hall–Kier alpha value is -3.39. The van der Waals surface area contributed by atoms with Crippen LogP contribution in [0, 0.1) is 5.92 Å². The van der Waals surface area contributed by atoms with Crippen LogP contribution in [0.5, 0.6) is 0 Å². The van der Waals surface area contributed by atoms with Crippen molar-refractivity contribution in [3.8, 4) is 0 Å². The maximum atomic E-state index is 13.1. The van der Waals surface area contributed by atoms with Crippen LogP contribution in [0.25, 0.3) is 0 Å². The highest BCUT2D eigenvalue weighted by molar-refractivity contribution is 5.93. The summed E-state index contributed by atoms with van der Waals surface area (Å²) in [5.74, 6) is 0.551. The lowest BCUT2D eigenvalue weighted by Gasteiger charge is -2.31. The van der Waals surface area contributed by atoms with E-state index in [2.05, 4.69) is 10.3 Å². The van der Waals surface area contributed by atoms with Crippen LogP contribution in [0.2, 0.25) is 0 Å². The summed E-state index contributed by atoms with van der Waals surface area (Å²) < 4.78 is 13.3. The molecule has 1 aromatic carbocycles. The third kappa shape index (κ3) is 4.18. The number of benzene rings is 1. The highest BCUT2D eigenvalue weighted by Crippen LogP contribution is 2.28. The molecule has 2 aliphatic heterocycles. The summed E-state index contributed by atoms with van der Waals surface area (Å²) >= 11 is 0. The molecule has 2 amide bonds. The number of fused-ring (bicyclic) bond motifs is 1. The number of rotatable bonds is 5. The zero-order valence-corrected chi connectivity index (χ0v) is 17.8. The average Bonchev–Trinajstić information content (AvgIpc) is 3.52. The van der Waals surface area contributed by atoms with Crippen molar-refractivity contribution in [1.82, 2.24) is 19.8 Å². The Labute approximate surface area is 186 Å². The normalized spacial score (nSPS) is 18.9. The van der Waals surface area contributed by atoms with Crippen molar-refractivity contribution in [3.63, 3.8) is 0 Å². The second kappa shape index (κ2) is 9.00. The van der Waals surface area contributed by atoms with Crippen molar-refractivity contribution in [2.24, 2.45) is 5.92 Å². The molecule has 1 N–H and O–H groups in total. The summed E-state index contributed by atoms with van der Waals surface area (Å²) in [4.78, 5) is 31.8. The van der Waals surface area contributed by atoms with Gasteiger partial charge in [0.15, 0.2) is 5.69 Å². The van der Waals surface area contributed by atoms with Crippen LogP contribution in [0.3, 0.4) is 0 Å². The monoisotopic (exact) mass is 434 g/mol. The third-order valence-corrected chi connectivity index (χ3v) is 6.27. The van der Waals surface area contributed by atoms with E-state index in [9.17, 15) is 9.59 Å². The highest BCUT2D eigenvalue weighted by atomic mass is 16.5. The molecule has 2 aliphatic rings. The molecule has 0 radical (unpaired) electrons. The van der Waals surface area contributed by atoms with Crippen LogP contribution in [0.15, 0.2) is 59.5 Å². The van der Waals surface area contributed by atoms with E-state index >= 15 is 0 Å². The number of amides is 2. The molecule has 1 fully saturated rings. The van der Waals surface area contributed by atoms with Crippen LogP contribution in [-0.4, -0.2) is 39.4 Å². The van der Waals surface area contributed by atoms with Gasteiger partial charge in [-0.3, -0.25) is 9.59 Å². The zero-order valence-electron chi connectivity index (χ0n) is 17.8. The van der Waals surface area contributed by atoms with Gasteiger partial charge in [0.05, 0.1) is 38.0 Å². The Kier molecular flexibility index (Phi) is 5.77. The first-order valence-corrected chi connectivity index (χ1v) is 11.0. The highest BCUT2D eigenvalue weighted by Gasteiger charge is 2.32. The minimum atomic E-state index is -0.0973. The number of carbonyl (C=O) groups is 2. The van der Waals surface area contributed by atoms with E-state index in [0.717, 1.165) is 17.0 Å². The lowest BCUT2D eigenvalue weighted by atomic mass is 9.95. The van der Waals surface area contributed by atoms with Crippen LogP contribution in [0.1, 0.15) is 46.5 Å². The van der Waals surface area contributed by atoms with Gasteiger partial charge in [-0.2, -0.15) is 0 Å². The van der Waals surface area contributed by atoms with Crippen molar-refractivity contribution in [2.75, 3.05) is 13.1 Å². The molecule has 2 aromatic heterocycles. The molecule has 1 atom stereocenters. The first-order chi connectivity index (χ1) is 15.7. The summed E-state index contributed by atoms with van der Waals surface area (Å²) in [6, 6.07) is 13.7. The molecule has 3 aromatic rings. The second-order valence-electron chi connectivity index (χ2n) is 8.27. The van der Waals surface area contributed by atoms with Gasteiger partial charge in [0.25, 0.3) is 5.91 Å². The lowest BCUT2D eigenvalue weighted by molar-refractivity contribution is -0.126. The first-order valence-electron chi connectivity index (χ1n) is 11.0. The van der Waals surface area contributed by atoms with Gasteiger partial charge in [-0.05, 0) is 30.5 Å². The standard InChI is InChI=1S/C24H26N4O4/c29-23(25-13-19-7-4-12-31-19)18-8-10-27(11-9-18)24(30)22-20-15-32-21(14-28(20)16-26-22)17-5-2-1-3-6-17/h1-7,12,16,18,21H,8-11,13-15H2,(H,25,29)/t21-/m0/s1. The molecule has 166 valence electrons. The predicted octanol–water partition coefficient (Wildman–Crippen LogP) is 2.92. The SMILES string of the molecule is O=C(NCc1ccco1)C1CCN(C(=O)c2ncn3c2CO[C@H](c2ccccc2)C3)CC1. The quantitative estimate of drug-likeness (QED) is 0.667. The van der Waals surface area contributed by atoms with Crippen molar-refractivity contribution >= 4 is 11.8 Å². The minimum absolute atomic E-state index is 0.00761. The smallest absolute Gasteiger partial charge is 0.274 e. The number of likely N-dealkylation sites (tertiary alicyclic amines) is 1. The van der Waals surface area contributed by atoms with Gasteiger partial charge < -0.3 is 23.9 Å². The molecule has 0 saturated carbocycles. The maximum absolute atomic E-state index is 13.1. The molecule has 5 rings (SSSR count). The molecule has 0 aliphatic carbocycles. The number of piperidine rings is 1. The van der Waals surface area contributed by atoms with E-state index in [0.29, 0.717) is 51.3 Å². The molecule has 8 heteroatoms. The van der Waals surface area contributed by atoms with Crippen molar-refractivity contribution < 1.29 is 18.7 Å². The number of furan rings is 1. The number of nitrogens with zero attached hydrogens (tertiary/aromatic N) is 3. The molecule has 0 spiro atoms. The van der Waals surface area contributed by atoms with E-state index in [1.54, 1.807) is 23.6 Å². The molecule has 0 bridgehead atoms. The Balaban J connectivity index is 1.17. The number of imidazole rings is 1. The summed E-state index contributed by atoms with van der Waals surface area (Å²) in [5, 5.41) is 2.92. The van der Waals surface area contributed by atoms with E-state index in [-0.39, 0.29) is 23.8 Å². The summed E-state index contributed by atoms with van der Waals surface area (Å²) in [6.45, 7) is 2.45. The molecular formula is C24H26N4O4. The molecule has 1 saturated heterocycles. The topological polar surface area (TPSA) is 89.6 Å². The summed E-state index contributed by atoms with van der Waals surface area (Å²) in [7, 11) is 0. The average molecular weight is 434 g/mol. The van der Waals surface area contributed by atoms with E-state index < -0.39 is 0 Å². The largest absolute Gasteiger partial charge is 0.467 e. The van der Waals surface area contributed by atoms with Gasteiger partial charge in [-0.15, -0.1) is 0 Å². The van der Waals surface area contributed by atoms with Crippen LogP contribution >= 0.6 is 0 Å². The summed E-state index contributed by atoms with van der Waals surface area (Å²) in [5.41, 5.74) is 2.39. The molecule has 32 heavy (non-hydrogen) atoms. The summed E-state index contributed by atoms with van der Waals surface area (Å²) in [6.07, 6.45) is 4.55. The number of hydrogen-bond acceptors (Lipinski definition) is 5. The number of carbonyl (C=O) groups excluding carboxylic acids is 2. The minimum Gasteiger partial charge on any atom is -0.467 e. The van der Waals surface area contributed by atoms with Crippen molar-refractivity contribution in [3.05, 3.63) is 77.8 Å². The van der Waals surface area contributed by atoms with Gasteiger partial charge >= 0.3 is 0 Å². The molecule has 4 heterocycles. The van der Waals surface area contributed by atoms with Crippen molar-refractivity contribution in [1.29, 1.82) is 0 Å². The van der Waals surface area contributed by atoms with Gasteiger partial charge in [-0.1, -0.05) is 30.3 Å². The fourth-order valence-electron chi connectivity index (χ4n) is 4.40. The van der Waals surface area contributed by atoms with Crippen LogP contribution in [-0.2, 0) is 29.2 Å². The van der Waals surface area contributed by atoms with Gasteiger partial charge in [0.1, 0.15) is 11.9 Å². The molecular weight excluding hydrogens is 408 g/mol. The Bertz CT molecular complexity index is 1070. The van der Waals surface area contributed by atoms with Crippen molar-refractivity contribution in [2.45, 2.75) is 38.6 Å². The lowest BCUT2D eigenvalue weighted by Crippen LogP contribution is -2.43. The fraction of sp³-hybridized carbons (Fsp3) is 0.375. The number of aromatic nitrogens is 2.